The average Bonchev–Trinajstić information content (AvgIpc) is 3.15. The van der Waals surface area contributed by atoms with Crippen molar-refractivity contribution in [3.63, 3.8) is 0 Å². The molecule has 2 heterocycles. The monoisotopic (exact) mass is 425 g/mol. The zero-order valence-corrected chi connectivity index (χ0v) is 15.9. The lowest BCUT2D eigenvalue weighted by molar-refractivity contribution is -0.274. The van der Waals surface area contributed by atoms with Gasteiger partial charge in [-0.1, -0.05) is 18.2 Å². The van der Waals surface area contributed by atoms with E-state index in [1.165, 1.54) is 29.3 Å². The number of benzene rings is 1. The molecule has 1 fully saturated rings. The van der Waals surface area contributed by atoms with E-state index in [-0.39, 0.29) is 18.2 Å². The summed E-state index contributed by atoms with van der Waals surface area (Å²) < 4.78 is 41.8. The van der Waals surface area contributed by atoms with Crippen LogP contribution in [0.25, 0.3) is 0 Å². The highest BCUT2D eigenvalue weighted by Gasteiger charge is 2.32. The molecule has 1 atom stereocenters. The van der Waals surface area contributed by atoms with Crippen molar-refractivity contribution in [3.05, 3.63) is 42.1 Å². The highest BCUT2D eigenvalue weighted by Crippen LogP contribution is 2.28. The van der Waals surface area contributed by atoms with E-state index in [4.69, 9.17) is 10.8 Å². The minimum absolute atomic E-state index is 0.0656. The first-order chi connectivity index (χ1) is 14.2. The number of hydrogen-bond donors (Lipinski definition) is 4. The maximum absolute atomic E-state index is 12.6. The summed E-state index contributed by atoms with van der Waals surface area (Å²) in [6.45, 7) is 1.57. The number of hydrogen-bond acceptors (Lipinski definition) is 6. The van der Waals surface area contributed by atoms with E-state index < -0.39 is 12.5 Å². The molecule has 5 N–H and O–H groups in total. The number of nitrogens with one attached hydrogen (secondary N) is 2. The molecule has 11 heteroatoms. The molecule has 8 nitrogen and oxygen atoms in total. The van der Waals surface area contributed by atoms with Gasteiger partial charge >= 0.3 is 12.5 Å². The van der Waals surface area contributed by atoms with E-state index in [1.54, 1.807) is 12.1 Å². The molecule has 2 aromatic rings. The Bertz CT molecular complexity index is 894. The summed E-state index contributed by atoms with van der Waals surface area (Å²) >= 11 is 0. The van der Waals surface area contributed by atoms with Crippen LogP contribution < -0.4 is 21.1 Å². The molecule has 1 aromatic heterocycles. The molecule has 1 aliphatic heterocycles. The van der Waals surface area contributed by atoms with Gasteiger partial charge in [-0.3, -0.25) is 0 Å². The fourth-order valence-electron chi connectivity index (χ4n) is 3.20. The van der Waals surface area contributed by atoms with Crippen molar-refractivity contribution in [2.45, 2.75) is 19.3 Å². The third-order valence-electron chi connectivity index (χ3n) is 4.73. The maximum atomic E-state index is 12.6. The van der Waals surface area contributed by atoms with Gasteiger partial charge in [0.2, 0.25) is 0 Å². The molecule has 1 amide bonds. The fraction of sp³-hybridized carbons (Fsp3) is 0.368. The average molecular weight is 425 g/mol. The zero-order valence-electron chi connectivity index (χ0n) is 15.9. The Morgan fingerprint density at radius 1 is 1.33 bits per heavy atom. The largest absolute Gasteiger partial charge is 0.573 e. The van der Waals surface area contributed by atoms with Crippen molar-refractivity contribution >= 4 is 23.3 Å². The number of nitrogens with zero attached hydrogens (tertiary/aromatic N) is 2. The summed E-state index contributed by atoms with van der Waals surface area (Å²) in [5, 5.41) is 15.2. The first-order valence-corrected chi connectivity index (χ1v) is 9.26. The van der Waals surface area contributed by atoms with Crippen molar-refractivity contribution in [1.82, 2.24) is 9.88 Å². The third-order valence-corrected chi connectivity index (χ3v) is 4.73. The second kappa shape index (κ2) is 8.97. The number of ether oxygens (including phenoxy) is 1. The van der Waals surface area contributed by atoms with Crippen molar-refractivity contribution < 1.29 is 27.8 Å². The molecular formula is C19H22F3N5O3. The minimum Gasteiger partial charge on any atom is -0.465 e. The van der Waals surface area contributed by atoms with E-state index in [0.29, 0.717) is 42.4 Å². The number of likely N-dealkylation sites (tertiary alicyclic amines) is 1. The summed E-state index contributed by atoms with van der Waals surface area (Å²) in [5.41, 5.74) is 7.09. The van der Waals surface area contributed by atoms with Gasteiger partial charge < -0.3 is 31.1 Å². The second-order valence-corrected chi connectivity index (χ2v) is 6.93. The Hall–Kier alpha value is -3.37. The molecule has 1 aliphatic rings. The fourth-order valence-corrected chi connectivity index (χ4v) is 3.20. The first kappa shape index (κ1) is 21.3. The van der Waals surface area contributed by atoms with Crippen LogP contribution in [0.4, 0.5) is 35.2 Å². The molecule has 0 bridgehead atoms. The van der Waals surface area contributed by atoms with E-state index in [9.17, 15) is 18.0 Å². The zero-order chi connectivity index (χ0) is 21.7. The van der Waals surface area contributed by atoms with Crippen molar-refractivity contribution in [2.24, 2.45) is 5.92 Å². The van der Waals surface area contributed by atoms with Crippen molar-refractivity contribution in [2.75, 3.05) is 36.0 Å². The number of carboxylic acid groups (broad SMARTS) is 1. The lowest BCUT2D eigenvalue weighted by Crippen LogP contribution is -2.28. The molecule has 1 saturated heterocycles. The number of rotatable bonds is 7. The number of para-hydroxylation sites is 1. The van der Waals surface area contributed by atoms with Gasteiger partial charge in [0.05, 0.1) is 17.6 Å². The number of pyridine rings is 1. The van der Waals surface area contributed by atoms with Crippen LogP contribution in [0.15, 0.2) is 36.5 Å². The Kier molecular flexibility index (Phi) is 6.38. The number of amides is 1. The topological polar surface area (TPSA) is 113 Å². The van der Waals surface area contributed by atoms with Crippen LogP contribution in [0.5, 0.6) is 5.75 Å². The molecular weight excluding hydrogens is 403 g/mol. The van der Waals surface area contributed by atoms with Crippen LogP contribution in [-0.4, -0.2) is 47.1 Å². The van der Waals surface area contributed by atoms with Gasteiger partial charge in [0, 0.05) is 37.8 Å². The van der Waals surface area contributed by atoms with Crippen LogP contribution in [0.2, 0.25) is 0 Å². The van der Waals surface area contributed by atoms with E-state index in [2.05, 4.69) is 20.4 Å². The molecule has 3 rings (SSSR count). The van der Waals surface area contributed by atoms with Crippen LogP contribution in [0, 0.1) is 5.92 Å². The molecule has 0 saturated carbocycles. The van der Waals surface area contributed by atoms with Gasteiger partial charge in [0.1, 0.15) is 11.6 Å². The van der Waals surface area contributed by atoms with Crippen molar-refractivity contribution in [1.29, 1.82) is 0 Å². The van der Waals surface area contributed by atoms with Crippen molar-refractivity contribution in [3.8, 4) is 5.75 Å². The summed E-state index contributed by atoms with van der Waals surface area (Å²) in [5.74, 6) is 0.413. The van der Waals surface area contributed by atoms with Gasteiger partial charge in [0.25, 0.3) is 0 Å². The maximum Gasteiger partial charge on any atom is 0.573 e. The number of alkyl halides is 3. The van der Waals surface area contributed by atoms with E-state index in [0.717, 1.165) is 6.42 Å². The normalized spacial score (nSPS) is 16.4. The summed E-state index contributed by atoms with van der Waals surface area (Å²) in [4.78, 5) is 16.6. The van der Waals surface area contributed by atoms with Crippen LogP contribution in [0.1, 0.15) is 12.0 Å². The van der Waals surface area contributed by atoms with Gasteiger partial charge in [-0.15, -0.1) is 13.2 Å². The SMILES string of the molecule is Nc1cnc(NCC2CCN(C(=O)O)C2)cc1NCc1ccccc1OC(F)(F)F. The summed E-state index contributed by atoms with van der Waals surface area (Å²) in [7, 11) is 0. The van der Waals surface area contributed by atoms with Crippen LogP contribution in [-0.2, 0) is 6.54 Å². The predicted octanol–water partition coefficient (Wildman–Crippen LogP) is 3.59. The van der Waals surface area contributed by atoms with E-state index >= 15 is 0 Å². The lowest BCUT2D eigenvalue weighted by atomic mass is 10.1. The smallest absolute Gasteiger partial charge is 0.465 e. The van der Waals surface area contributed by atoms with Gasteiger partial charge in [-0.05, 0) is 18.4 Å². The Morgan fingerprint density at radius 3 is 2.80 bits per heavy atom. The Balaban J connectivity index is 1.61. The summed E-state index contributed by atoms with van der Waals surface area (Å²) in [6, 6.07) is 7.51. The summed E-state index contributed by atoms with van der Waals surface area (Å²) in [6.07, 6.45) is -3.50. The quantitative estimate of drug-likeness (QED) is 0.536. The third kappa shape index (κ3) is 5.82. The van der Waals surface area contributed by atoms with Gasteiger partial charge in [-0.25, -0.2) is 9.78 Å². The highest BCUT2D eigenvalue weighted by atomic mass is 19.4. The number of nitrogen functional groups attached to an aromatic ring is 1. The standard InChI is InChI=1S/C19H22F3N5O3/c20-19(21,22)30-16-4-2-1-3-13(16)9-24-15-7-17(26-10-14(15)23)25-8-12-5-6-27(11-12)18(28)29/h1-4,7,10,12H,5-6,8-9,11,23H2,(H,28,29)(H2,24,25,26). The second-order valence-electron chi connectivity index (χ2n) is 6.93. The predicted molar refractivity (Wildman–Crippen MR) is 105 cm³/mol. The molecule has 1 aromatic carbocycles. The molecule has 0 radical (unpaired) electrons. The molecule has 1 unspecified atom stereocenters. The molecule has 0 spiro atoms. The van der Waals surface area contributed by atoms with Crippen LogP contribution in [0.3, 0.4) is 0 Å². The number of halogens is 3. The van der Waals surface area contributed by atoms with E-state index in [1.807, 2.05) is 0 Å². The molecule has 30 heavy (non-hydrogen) atoms. The number of nitrogens with two attached hydrogens (primary N) is 1. The van der Waals surface area contributed by atoms with Gasteiger partial charge in [0.15, 0.2) is 0 Å². The minimum atomic E-state index is -4.78. The Morgan fingerprint density at radius 2 is 2.10 bits per heavy atom. The molecule has 162 valence electrons. The van der Waals surface area contributed by atoms with Gasteiger partial charge in [-0.2, -0.15) is 0 Å². The Labute approximate surface area is 170 Å². The number of anilines is 3. The number of carbonyl (C=O) groups is 1. The highest BCUT2D eigenvalue weighted by molar-refractivity contribution is 5.69. The van der Waals surface area contributed by atoms with Crippen LogP contribution >= 0.6 is 0 Å². The number of aromatic nitrogens is 1. The molecule has 0 aliphatic carbocycles. The first-order valence-electron chi connectivity index (χ1n) is 9.26. The lowest BCUT2D eigenvalue weighted by Gasteiger charge is -2.16.